The van der Waals surface area contributed by atoms with Gasteiger partial charge < -0.3 is 24.7 Å². The molecule has 7 nitrogen and oxygen atoms in total. The lowest BCUT2D eigenvalue weighted by Crippen LogP contribution is -2.29. The molecular weight excluding hydrogens is 571 g/mol. The molecule has 0 radical (unpaired) electrons. The highest BCUT2D eigenvalue weighted by Gasteiger charge is 2.42. The van der Waals surface area contributed by atoms with Crippen LogP contribution in [-0.4, -0.2) is 29.7 Å². The number of benzene rings is 2. The van der Waals surface area contributed by atoms with Crippen molar-refractivity contribution in [2.24, 2.45) is 0 Å². The first-order valence-corrected chi connectivity index (χ1v) is 13.0. The average Bonchev–Trinajstić information content (AvgIpc) is 3.50. The molecule has 0 aliphatic carbocycles. The van der Waals surface area contributed by atoms with Crippen molar-refractivity contribution in [1.82, 2.24) is 10.3 Å². The van der Waals surface area contributed by atoms with Crippen LogP contribution in [0, 0.1) is 12.7 Å². The molecule has 2 N–H and O–H groups in total. The van der Waals surface area contributed by atoms with E-state index in [9.17, 15) is 9.18 Å². The highest BCUT2D eigenvalue weighted by molar-refractivity contribution is 9.10. The average molecular weight is 595 g/mol. The normalized spacial score (nSPS) is 16.9. The number of pyridine rings is 1. The van der Waals surface area contributed by atoms with Crippen molar-refractivity contribution >= 4 is 50.5 Å². The van der Waals surface area contributed by atoms with E-state index in [1.165, 1.54) is 19.2 Å². The number of carbonyl (C=O) groups is 1. The van der Waals surface area contributed by atoms with E-state index in [0.717, 1.165) is 22.5 Å². The summed E-state index contributed by atoms with van der Waals surface area (Å²) in [6, 6.07) is 19.0. The molecule has 1 aliphatic heterocycles. The quantitative estimate of drug-likeness (QED) is 0.243. The minimum absolute atomic E-state index is 0.0276. The molecular formula is C28H24BrFN4O3S. The standard InChI is InChI=1S/C28H24BrFN4O3S/c1-16-13-18(7-9-21(16)32-25(35)15-36-2)34-27(26(33-28(34)38)22-5-3-4-12-31-22)24-11-10-23(37-24)19-8-6-17(30)14-20(19)29/h3-14,26-27H,15H2,1-2H3,(H,32,35)(H,33,38)/t26-,27+/m1/s1. The van der Waals surface area contributed by atoms with Gasteiger partial charge in [-0.05, 0) is 101 Å². The summed E-state index contributed by atoms with van der Waals surface area (Å²) in [5, 5.41) is 6.78. The Hall–Kier alpha value is -3.60. The van der Waals surface area contributed by atoms with Crippen LogP contribution in [0.5, 0.6) is 0 Å². The minimum atomic E-state index is -0.362. The fourth-order valence-corrected chi connectivity index (χ4v) is 5.42. The zero-order chi connectivity index (χ0) is 26.8. The number of nitrogens with one attached hydrogen (secondary N) is 2. The predicted molar refractivity (Wildman–Crippen MR) is 151 cm³/mol. The SMILES string of the molecule is COCC(=O)Nc1ccc(N2C(=S)N[C@H](c3ccccn3)[C@@H]2c2ccc(-c3ccc(F)cc3Br)o2)cc1C. The number of amides is 1. The second kappa shape index (κ2) is 11.0. The molecule has 0 saturated carbocycles. The third kappa shape index (κ3) is 5.20. The van der Waals surface area contributed by atoms with E-state index in [1.54, 1.807) is 12.3 Å². The Labute approximate surface area is 233 Å². The summed E-state index contributed by atoms with van der Waals surface area (Å²) in [5.74, 6) is 0.687. The number of halogens is 2. The number of methoxy groups -OCH3 is 1. The Balaban J connectivity index is 1.55. The summed E-state index contributed by atoms with van der Waals surface area (Å²) in [6.07, 6.45) is 1.74. The van der Waals surface area contributed by atoms with Gasteiger partial charge in [-0.2, -0.15) is 0 Å². The van der Waals surface area contributed by atoms with Gasteiger partial charge in [-0.15, -0.1) is 0 Å². The van der Waals surface area contributed by atoms with Gasteiger partial charge in [-0.1, -0.05) is 6.07 Å². The van der Waals surface area contributed by atoms with Gasteiger partial charge in [0, 0.05) is 34.7 Å². The topological polar surface area (TPSA) is 79.6 Å². The Kier molecular flexibility index (Phi) is 7.55. The third-order valence-electron chi connectivity index (χ3n) is 6.25. The van der Waals surface area contributed by atoms with Crippen LogP contribution >= 0.6 is 28.1 Å². The third-order valence-corrected chi connectivity index (χ3v) is 7.22. The zero-order valence-electron chi connectivity index (χ0n) is 20.6. The molecule has 0 unspecified atom stereocenters. The number of hydrogen-bond donors (Lipinski definition) is 2. The van der Waals surface area contributed by atoms with Gasteiger partial charge in [0.25, 0.3) is 0 Å². The number of nitrogens with zero attached hydrogens (tertiary/aromatic N) is 2. The highest BCUT2D eigenvalue weighted by atomic mass is 79.9. The van der Waals surface area contributed by atoms with Crippen LogP contribution in [0.25, 0.3) is 11.3 Å². The largest absolute Gasteiger partial charge is 0.459 e. The molecule has 1 fully saturated rings. The first-order valence-electron chi connectivity index (χ1n) is 11.8. The van der Waals surface area contributed by atoms with Crippen LogP contribution in [0.4, 0.5) is 15.8 Å². The van der Waals surface area contributed by atoms with Crippen molar-refractivity contribution in [2.75, 3.05) is 23.9 Å². The molecule has 4 aromatic rings. The van der Waals surface area contributed by atoms with Crippen molar-refractivity contribution in [3.63, 3.8) is 0 Å². The lowest BCUT2D eigenvalue weighted by molar-refractivity contribution is -0.119. The summed E-state index contributed by atoms with van der Waals surface area (Å²) in [5.41, 5.74) is 3.93. The number of thiocarbonyl (C=S) groups is 1. The molecule has 2 aromatic carbocycles. The van der Waals surface area contributed by atoms with Gasteiger partial charge in [-0.25, -0.2) is 4.39 Å². The van der Waals surface area contributed by atoms with Crippen LogP contribution < -0.4 is 15.5 Å². The van der Waals surface area contributed by atoms with Gasteiger partial charge in [0.1, 0.15) is 30.0 Å². The molecule has 5 rings (SSSR count). The van der Waals surface area contributed by atoms with Gasteiger partial charge in [0.2, 0.25) is 5.91 Å². The van der Waals surface area contributed by atoms with Crippen LogP contribution in [0.2, 0.25) is 0 Å². The summed E-state index contributed by atoms with van der Waals surface area (Å²) in [4.78, 5) is 18.6. The van der Waals surface area contributed by atoms with E-state index in [0.29, 0.717) is 26.8 Å². The van der Waals surface area contributed by atoms with Crippen molar-refractivity contribution in [3.8, 4) is 11.3 Å². The monoisotopic (exact) mass is 594 g/mol. The smallest absolute Gasteiger partial charge is 0.250 e. The van der Waals surface area contributed by atoms with Crippen molar-refractivity contribution in [3.05, 3.63) is 100 Å². The van der Waals surface area contributed by atoms with Gasteiger partial charge in [-0.3, -0.25) is 9.78 Å². The molecule has 10 heteroatoms. The number of aryl methyl sites for hydroxylation is 1. The highest BCUT2D eigenvalue weighted by Crippen LogP contribution is 2.44. The van der Waals surface area contributed by atoms with E-state index >= 15 is 0 Å². The van der Waals surface area contributed by atoms with Gasteiger partial charge in [0.05, 0.1) is 11.7 Å². The number of rotatable bonds is 7. The fourth-order valence-electron chi connectivity index (χ4n) is 4.52. The second-order valence-electron chi connectivity index (χ2n) is 8.80. The molecule has 3 heterocycles. The summed E-state index contributed by atoms with van der Waals surface area (Å²) in [6.45, 7) is 1.89. The molecule has 0 bridgehead atoms. The Morgan fingerprint density at radius 2 is 2.05 bits per heavy atom. The zero-order valence-corrected chi connectivity index (χ0v) is 23.0. The van der Waals surface area contributed by atoms with E-state index in [-0.39, 0.29) is 30.4 Å². The number of aromatic nitrogens is 1. The van der Waals surface area contributed by atoms with E-state index in [4.69, 9.17) is 21.4 Å². The van der Waals surface area contributed by atoms with Gasteiger partial charge in [0.15, 0.2) is 5.11 Å². The maximum Gasteiger partial charge on any atom is 0.250 e. The van der Waals surface area contributed by atoms with E-state index < -0.39 is 0 Å². The maximum atomic E-state index is 13.7. The Bertz CT molecular complexity index is 1500. The molecule has 38 heavy (non-hydrogen) atoms. The molecule has 2 aromatic heterocycles. The van der Waals surface area contributed by atoms with Gasteiger partial charge >= 0.3 is 0 Å². The molecule has 1 amide bonds. The first-order chi connectivity index (χ1) is 18.4. The van der Waals surface area contributed by atoms with Crippen LogP contribution in [0.3, 0.4) is 0 Å². The Morgan fingerprint density at radius 1 is 1.21 bits per heavy atom. The lowest BCUT2D eigenvalue weighted by atomic mass is 10.0. The number of hydrogen-bond acceptors (Lipinski definition) is 5. The van der Waals surface area contributed by atoms with Crippen LogP contribution in [0.15, 0.2) is 81.8 Å². The van der Waals surface area contributed by atoms with Crippen LogP contribution in [-0.2, 0) is 9.53 Å². The van der Waals surface area contributed by atoms with Crippen molar-refractivity contribution in [1.29, 1.82) is 0 Å². The molecule has 194 valence electrons. The van der Waals surface area contributed by atoms with Crippen LogP contribution in [0.1, 0.15) is 29.1 Å². The molecule has 1 saturated heterocycles. The van der Waals surface area contributed by atoms with E-state index in [1.807, 2.05) is 60.4 Å². The van der Waals surface area contributed by atoms with Crippen molar-refractivity contribution in [2.45, 2.75) is 19.0 Å². The first kappa shape index (κ1) is 26.0. The summed E-state index contributed by atoms with van der Waals surface area (Å²) >= 11 is 9.24. The predicted octanol–water partition coefficient (Wildman–Crippen LogP) is 6.31. The fraction of sp³-hybridized carbons (Fsp3) is 0.179. The summed E-state index contributed by atoms with van der Waals surface area (Å²) in [7, 11) is 1.48. The number of ether oxygens (including phenoxy) is 1. The summed E-state index contributed by atoms with van der Waals surface area (Å²) < 4.78 is 25.6. The van der Waals surface area contributed by atoms with Crippen molar-refractivity contribution < 1.29 is 18.3 Å². The number of anilines is 2. The number of furan rings is 1. The second-order valence-corrected chi connectivity index (χ2v) is 10.0. The number of carbonyl (C=O) groups excluding carboxylic acids is 1. The maximum absolute atomic E-state index is 13.7. The Morgan fingerprint density at radius 3 is 2.76 bits per heavy atom. The molecule has 2 atom stereocenters. The molecule has 0 spiro atoms. The minimum Gasteiger partial charge on any atom is -0.459 e. The molecule has 1 aliphatic rings. The van der Waals surface area contributed by atoms with E-state index in [2.05, 4.69) is 31.5 Å². The lowest BCUT2D eigenvalue weighted by Gasteiger charge is -2.27.